The summed E-state index contributed by atoms with van der Waals surface area (Å²) in [5, 5.41) is 12.2. The standard InChI is InChI=1S/C11H22N2O2/c1-3-10(2,7-12)9(15)13-11(8-14)5-4-6-11/h14H,3-8,12H2,1-2H3,(H,13,15). The molecule has 4 heteroatoms. The molecule has 1 amide bonds. The Hall–Kier alpha value is -0.610. The van der Waals surface area contributed by atoms with Gasteiger partial charge in [-0.25, -0.2) is 0 Å². The highest BCUT2D eigenvalue weighted by Gasteiger charge is 2.41. The molecule has 0 bridgehead atoms. The van der Waals surface area contributed by atoms with Gasteiger partial charge in [-0.05, 0) is 32.6 Å². The molecule has 1 unspecified atom stereocenters. The number of aliphatic hydroxyl groups is 1. The maximum Gasteiger partial charge on any atom is 0.227 e. The monoisotopic (exact) mass is 214 g/mol. The number of amides is 1. The minimum absolute atomic E-state index is 0.0266. The van der Waals surface area contributed by atoms with Crippen molar-refractivity contribution >= 4 is 5.91 Å². The number of carbonyl (C=O) groups is 1. The highest BCUT2D eigenvalue weighted by atomic mass is 16.3. The van der Waals surface area contributed by atoms with Crippen molar-refractivity contribution in [1.29, 1.82) is 0 Å². The summed E-state index contributed by atoms with van der Waals surface area (Å²) in [6, 6.07) is 0. The van der Waals surface area contributed by atoms with Crippen molar-refractivity contribution in [1.82, 2.24) is 5.32 Å². The third-order valence-electron chi connectivity index (χ3n) is 3.77. The third kappa shape index (κ3) is 2.32. The maximum absolute atomic E-state index is 12.0. The first-order valence-corrected chi connectivity index (χ1v) is 5.65. The van der Waals surface area contributed by atoms with Gasteiger partial charge in [0.15, 0.2) is 0 Å². The fourth-order valence-corrected chi connectivity index (χ4v) is 1.72. The van der Waals surface area contributed by atoms with Gasteiger partial charge in [-0.2, -0.15) is 0 Å². The molecule has 0 aromatic rings. The summed E-state index contributed by atoms with van der Waals surface area (Å²) < 4.78 is 0. The zero-order chi connectivity index (χ0) is 11.5. The second-order valence-electron chi connectivity index (χ2n) is 4.86. The van der Waals surface area contributed by atoms with Gasteiger partial charge in [0.25, 0.3) is 0 Å². The zero-order valence-corrected chi connectivity index (χ0v) is 9.68. The Kier molecular flexibility index (Phi) is 3.73. The SMILES string of the molecule is CCC(C)(CN)C(=O)NC1(CO)CCC1. The Balaban J connectivity index is 2.61. The van der Waals surface area contributed by atoms with E-state index in [9.17, 15) is 9.90 Å². The summed E-state index contributed by atoms with van der Waals surface area (Å²) in [7, 11) is 0. The van der Waals surface area contributed by atoms with E-state index in [4.69, 9.17) is 5.73 Å². The van der Waals surface area contributed by atoms with Crippen LogP contribution >= 0.6 is 0 Å². The molecule has 0 radical (unpaired) electrons. The summed E-state index contributed by atoms with van der Waals surface area (Å²) >= 11 is 0. The van der Waals surface area contributed by atoms with E-state index in [2.05, 4.69) is 5.32 Å². The lowest BCUT2D eigenvalue weighted by molar-refractivity contribution is -0.134. The molecule has 4 N–H and O–H groups in total. The minimum Gasteiger partial charge on any atom is -0.394 e. The Bertz CT molecular complexity index is 227. The lowest BCUT2D eigenvalue weighted by atomic mass is 9.76. The van der Waals surface area contributed by atoms with Gasteiger partial charge in [0.1, 0.15) is 0 Å². The van der Waals surface area contributed by atoms with E-state index in [1.807, 2.05) is 13.8 Å². The normalized spacial score (nSPS) is 22.7. The van der Waals surface area contributed by atoms with Crippen LogP contribution in [0.1, 0.15) is 39.5 Å². The van der Waals surface area contributed by atoms with Crippen molar-refractivity contribution in [3.63, 3.8) is 0 Å². The fourth-order valence-electron chi connectivity index (χ4n) is 1.72. The summed E-state index contributed by atoms with van der Waals surface area (Å²) in [5.74, 6) is -0.0266. The second-order valence-corrected chi connectivity index (χ2v) is 4.86. The molecule has 0 aromatic heterocycles. The van der Waals surface area contributed by atoms with Gasteiger partial charge in [0.2, 0.25) is 5.91 Å². The smallest absolute Gasteiger partial charge is 0.227 e. The summed E-state index contributed by atoms with van der Waals surface area (Å²) in [5.41, 5.74) is 4.75. The lowest BCUT2D eigenvalue weighted by Gasteiger charge is -2.43. The van der Waals surface area contributed by atoms with Gasteiger partial charge in [-0.3, -0.25) is 4.79 Å². The molecule has 1 saturated carbocycles. The van der Waals surface area contributed by atoms with Gasteiger partial charge in [-0.1, -0.05) is 6.92 Å². The van der Waals surface area contributed by atoms with E-state index in [-0.39, 0.29) is 18.1 Å². The Morgan fingerprint density at radius 1 is 1.60 bits per heavy atom. The van der Waals surface area contributed by atoms with Crippen molar-refractivity contribution < 1.29 is 9.90 Å². The molecule has 0 aromatic carbocycles. The quantitative estimate of drug-likeness (QED) is 0.620. The van der Waals surface area contributed by atoms with Gasteiger partial charge < -0.3 is 16.2 Å². The van der Waals surface area contributed by atoms with Gasteiger partial charge in [0, 0.05) is 6.54 Å². The molecule has 88 valence electrons. The number of carbonyl (C=O) groups excluding carboxylic acids is 1. The van der Waals surface area contributed by atoms with Crippen LogP contribution in [0.4, 0.5) is 0 Å². The molecule has 1 aliphatic rings. The van der Waals surface area contributed by atoms with E-state index in [0.29, 0.717) is 6.54 Å². The molecule has 0 saturated heterocycles. The highest BCUT2D eigenvalue weighted by molar-refractivity contribution is 5.83. The van der Waals surface area contributed by atoms with Crippen LogP contribution in [0.5, 0.6) is 0 Å². The van der Waals surface area contributed by atoms with Crippen LogP contribution in [-0.4, -0.2) is 29.7 Å². The number of aliphatic hydroxyl groups excluding tert-OH is 1. The Morgan fingerprint density at radius 3 is 2.47 bits per heavy atom. The summed E-state index contributed by atoms with van der Waals surface area (Å²) in [6.45, 7) is 4.20. The van der Waals surface area contributed by atoms with Gasteiger partial charge in [-0.15, -0.1) is 0 Å². The van der Waals surface area contributed by atoms with Crippen LogP contribution in [0.25, 0.3) is 0 Å². The molecular weight excluding hydrogens is 192 g/mol. The first-order chi connectivity index (χ1) is 7.02. The van der Waals surface area contributed by atoms with Gasteiger partial charge in [0.05, 0.1) is 17.6 Å². The highest BCUT2D eigenvalue weighted by Crippen LogP contribution is 2.32. The van der Waals surface area contributed by atoms with Crippen molar-refractivity contribution in [3.05, 3.63) is 0 Å². The first kappa shape index (κ1) is 12.5. The number of rotatable bonds is 5. The summed E-state index contributed by atoms with van der Waals surface area (Å²) in [6.07, 6.45) is 3.54. The van der Waals surface area contributed by atoms with Gasteiger partial charge >= 0.3 is 0 Å². The van der Waals surface area contributed by atoms with Crippen LogP contribution in [0, 0.1) is 5.41 Å². The average molecular weight is 214 g/mol. The molecular formula is C11H22N2O2. The molecule has 15 heavy (non-hydrogen) atoms. The second kappa shape index (κ2) is 4.49. The fraction of sp³-hybridized carbons (Fsp3) is 0.909. The maximum atomic E-state index is 12.0. The molecule has 0 aliphatic heterocycles. The van der Waals surface area contributed by atoms with E-state index in [1.54, 1.807) is 0 Å². The van der Waals surface area contributed by atoms with Crippen LogP contribution in [0.3, 0.4) is 0 Å². The molecule has 0 heterocycles. The Morgan fingerprint density at radius 2 is 2.20 bits per heavy atom. The molecule has 1 fully saturated rings. The van der Waals surface area contributed by atoms with Crippen LogP contribution in [-0.2, 0) is 4.79 Å². The third-order valence-corrected chi connectivity index (χ3v) is 3.77. The first-order valence-electron chi connectivity index (χ1n) is 5.65. The lowest BCUT2D eigenvalue weighted by Crippen LogP contribution is -2.60. The predicted molar refractivity (Wildman–Crippen MR) is 59.3 cm³/mol. The molecule has 4 nitrogen and oxygen atoms in total. The van der Waals surface area contributed by atoms with Crippen molar-refractivity contribution in [2.24, 2.45) is 11.1 Å². The minimum atomic E-state index is -0.502. The van der Waals surface area contributed by atoms with E-state index in [1.165, 1.54) is 0 Å². The summed E-state index contributed by atoms with van der Waals surface area (Å²) in [4.78, 5) is 12.0. The van der Waals surface area contributed by atoms with Crippen molar-refractivity contribution in [2.75, 3.05) is 13.2 Å². The topological polar surface area (TPSA) is 75.4 Å². The van der Waals surface area contributed by atoms with Crippen LogP contribution < -0.4 is 11.1 Å². The van der Waals surface area contributed by atoms with Crippen molar-refractivity contribution in [2.45, 2.75) is 45.1 Å². The number of nitrogens with one attached hydrogen (secondary N) is 1. The average Bonchev–Trinajstić information content (AvgIpc) is 2.21. The van der Waals surface area contributed by atoms with Crippen LogP contribution in [0.15, 0.2) is 0 Å². The van der Waals surface area contributed by atoms with E-state index >= 15 is 0 Å². The molecule has 1 atom stereocenters. The predicted octanol–water partition coefficient (Wildman–Crippen LogP) is 0.393. The molecule has 1 rings (SSSR count). The zero-order valence-electron chi connectivity index (χ0n) is 9.68. The largest absolute Gasteiger partial charge is 0.394 e. The number of hydrogen-bond donors (Lipinski definition) is 3. The van der Waals surface area contributed by atoms with Crippen molar-refractivity contribution in [3.8, 4) is 0 Å². The Labute approximate surface area is 91.2 Å². The van der Waals surface area contributed by atoms with Crippen LogP contribution in [0.2, 0.25) is 0 Å². The number of hydrogen-bond acceptors (Lipinski definition) is 3. The molecule has 0 spiro atoms. The van der Waals surface area contributed by atoms with E-state index < -0.39 is 5.41 Å². The van der Waals surface area contributed by atoms with E-state index in [0.717, 1.165) is 25.7 Å². The number of nitrogens with two attached hydrogens (primary N) is 1. The molecule has 1 aliphatic carbocycles.